The highest BCUT2D eigenvalue weighted by Crippen LogP contribution is 2.15. The van der Waals surface area contributed by atoms with Crippen molar-refractivity contribution in [3.63, 3.8) is 0 Å². The van der Waals surface area contributed by atoms with Crippen molar-refractivity contribution in [1.82, 2.24) is 20.5 Å². The number of hydrogen-bond donors (Lipinski definition) is 2. The average Bonchev–Trinajstić information content (AvgIpc) is 2.81. The molecule has 0 aliphatic heterocycles. The molecule has 2 N–H and O–H groups in total. The molecule has 0 aliphatic carbocycles. The first-order valence-electron chi connectivity index (χ1n) is 7.63. The van der Waals surface area contributed by atoms with Crippen molar-refractivity contribution in [2.45, 2.75) is 39.8 Å². The number of aryl methyl sites for hydroxylation is 1. The number of rotatable bonds is 4. The summed E-state index contributed by atoms with van der Waals surface area (Å²) >= 11 is 8.72. The summed E-state index contributed by atoms with van der Waals surface area (Å²) in [6.07, 6.45) is 3.48. The van der Waals surface area contributed by atoms with Gasteiger partial charge in [-0.25, -0.2) is 0 Å². The first kappa shape index (κ1) is 18.6. The van der Waals surface area contributed by atoms with E-state index in [0.717, 1.165) is 10.2 Å². The largest absolute Gasteiger partial charge is 0.357 e. The van der Waals surface area contributed by atoms with Crippen LogP contribution in [0.15, 0.2) is 40.0 Å². The first-order valence-corrected chi connectivity index (χ1v) is 8.83. The molecule has 0 saturated carbocycles. The third kappa shape index (κ3) is 5.72. The quantitative estimate of drug-likeness (QED) is 0.461. The summed E-state index contributed by atoms with van der Waals surface area (Å²) in [5, 5.41) is 12.2. The Kier molecular flexibility index (Phi) is 6.12. The van der Waals surface area contributed by atoms with Crippen LogP contribution < -0.4 is 10.7 Å². The van der Waals surface area contributed by atoms with Crippen molar-refractivity contribution in [1.29, 1.82) is 0 Å². The van der Waals surface area contributed by atoms with Crippen molar-refractivity contribution in [2.24, 2.45) is 5.10 Å². The molecule has 0 fully saturated rings. The number of halogens is 1. The van der Waals surface area contributed by atoms with Crippen molar-refractivity contribution >= 4 is 39.5 Å². The van der Waals surface area contributed by atoms with E-state index in [1.807, 2.05) is 25.5 Å². The van der Waals surface area contributed by atoms with E-state index in [-0.39, 0.29) is 5.54 Å². The highest BCUT2D eigenvalue weighted by Gasteiger charge is 2.11. The van der Waals surface area contributed by atoms with Gasteiger partial charge in [0.25, 0.3) is 0 Å². The van der Waals surface area contributed by atoms with Crippen LogP contribution in [-0.2, 0) is 6.54 Å². The fourth-order valence-electron chi connectivity index (χ4n) is 2.01. The minimum Gasteiger partial charge on any atom is -0.357 e. The lowest BCUT2D eigenvalue weighted by Gasteiger charge is -2.21. The van der Waals surface area contributed by atoms with Gasteiger partial charge >= 0.3 is 0 Å². The molecule has 0 amide bonds. The summed E-state index contributed by atoms with van der Waals surface area (Å²) < 4.78 is 2.77. The number of benzene rings is 1. The summed E-state index contributed by atoms with van der Waals surface area (Å²) in [6.45, 7) is 8.87. The molecule has 24 heavy (non-hydrogen) atoms. The van der Waals surface area contributed by atoms with Gasteiger partial charge in [-0.1, -0.05) is 29.8 Å². The van der Waals surface area contributed by atoms with Gasteiger partial charge in [0.05, 0.1) is 29.1 Å². The zero-order valence-corrected chi connectivity index (χ0v) is 16.7. The molecule has 2 rings (SSSR count). The van der Waals surface area contributed by atoms with Gasteiger partial charge in [0.15, 0.2) is 5.11 Å². The van der Waals surface area contributed by atoms with E-state index in [4.69, 9.17) is 12.2 Å². The highest BCUT2D eigenvalue weighted by molar-refractivity contribution is 9.10. The summed E-state index contributed by atoms with van der Waals surface area (Å²) in [5.74, 6) is 0. The Morgan fingerprint density at radius 1 is 1.33 bits per heavy atom. The number of thiocarbonyl (C=S) groups is 1. The molecule has 0 saturated heterocycles. The molecule has 2 aromatic rings. The number of nitrogens with one attached hydrogen (secondary N) is 2. The minimum absolute atomic E-state index is 0.104. The zero-order valence-electron chi connectivity index (χ0n) is 14.3. The molecular weight excluding hydrogens is 386 g/mol. The third-order valence-corrected chi connectivity index (χ3v) is 3.93. The van der Waals surface area contributed by atoms with Crippen LogP contribution in [0.1, 0.15) is 37.6 Å². The summed E-state index contributed by atoms with van der Waals surface area (Å²) in [6, 6.07) is 8.40. The number of hydrazone groups is 1. The van der Waals surface area contributed by atoms with Crippen molar-refractivity contribution < 1.29 is 0 Å². The van der Waals surface area contributed by atoms with Gasteiger partial charge < -0.3 is 5.32 Å². The predicted molar refractivity (Wildman–Crippen MR) is 106 cm³/mol. The van der Waals surface area contributed by atoms with E-state index < -0.39 is 0 Å². The molecule has 0 unspecified atom stereocenters. The Bertz CT molecular complexity index is 728. The molecule has 1 heterocycles. The van der Waals surface area contributed by atoms with Gasteiger partial charge in [-0.3, -0.25) is 10.1 Å². The first-order chi connectivity index (χ1) is 11.2. The summed E-state index contributed by atoms with van der Waals surface area (Å²) in [4.78, 5) is 0. The van der Waals surface area contributed by atoms with E-state index in [2.05, 4.69) is 68.1 Å². The molecule has 0 atom stereocenters. The van der Waals surface area contributed by atoms with E-state index in [9.17, 15) is 0 Å². The van der Waals surface area contributed by atoms with Crippen LogP contribution >= 0.6 is 28.1 Å². The van der Waals surface area contributed by atoms with Crippen molar-refractivity contribution in [3.8, 4) is 0 Å². The van der Waals surface area contributed by atoms with Gasteiger partial charge in [-0.2, -0.15) is 10.2 Å². The summed E-state index contributed by atoms with van der Waals surface area (Å²) in [7, 11) is 0. The lowest BCUT2D eigenvalue weighted by atomic mass is 10.1. The number of aromatic nitrogens is 2. The third-order valence-electron chi connectivity index (χ3n) is 3.13. The van der Waals surface area contributed by atoms with E-state index in [1.54, 1.807) is 12.4 Å². The molecule has 1 aromatic heterocycles. The second kappa shape index (κ2) is 7.90. The Balaban J connectivity index is 2.05. The van der Waals surface area contributed by atoms with Crippen molar-refractivity contribution in [2.75, 3.05) is 0 Å². The van der Waals surface area contributed by atoms with E-state index >= 15 is 0 Å². The second-order valence-corrected chi connectivity index (χ2v) is 7.86. The van der Waals surface area contributed by atoms with Crippen LogP contribution in [0.4, 0.5) is 0 Å². The maximum Gasteiger partial charge on any atom is 0.187 e. The number of nitrogens with zero attached hydrogens (tertiary/aromatic N) is 3. The van der Waals surface area contributed by atoms with Gasteiger partial charge in [-0.15, -0.1) is 0 Å². The fourth-order valence-corrected chi connectivity index (χ4v) is 2.77. The zero-order chi connectivity index (χ0) is 17.7. The maximum absolute atomic E-state index is 5.21. The van der Waals surface area contributed by atoms with Gasteiger partial charge in [-0.05, 0) is 61.4 Å². The fraction of sp³-hybridized carbons (Fsp3) is 0.353. The second-order valence-electron chi connectivity index (χ2n) is 6.60. The van der Waals surface area contributed by atoms with Crippen LogP contribution in [0.5, 0.6) is 0 Å². The van der Waals surface area contributed by atoms with Gasteiger partial charge in [0.1, 0.15) is 0 Å². The molecular formula is C17H22BrN5S. The Labute approximate surface area is 156 Å². The smallest absolute Gasteiger partial charge is 0.187 e. The molecule has 0 radical (unpaired) electrons. The van der Waals surface area contributed by atoms with E-state index in [1.165, 1.54) is 11.1 Å². The molecule has 5 nitrogen and oxygen atoms in total. The molecule has 1 aromatic carbocycles. The Hall–Kier alpha value is -1.73. The minimum atomic E-state index is -0.104. The standard InChI is InChI=1S/C17H22BrN5S/c1-12-5-7-13(8-6-12)11-23-15(14(18)9-20-23)10-19-22-16(24)21-17(2,3)4/h5-10H,11H2,1-4H3,(H2,21,22,24)/b19-10-. The van der Waals surface area contributed by atoms with Gasteiger partial charge in [0, 0.05) is 5.54 Å². The normalized spacial score (nSPS) is 11.7. The van der Waals surface area contributed by atoms with Crippen LogP contribution in [0.3, 0.4) is 0 Å². The number of hydrogen-bond acceptors (Lipinski definition) is 3. The van der Waals surface area contributed by atoms with Crippen LogP contribution in [0, 0.1) is 6.92 Å². The van der Waals surface area contributed by atoms with Gasteiger partial charge in [0.2, 0.25) is 0 Å². The van der Waals surface area contributed by atoms with Crippen molar-refractivity contribution in [3.05, 3.63) is 51.8 Å². The molecule has 128 valence electrons. The SMILES string of the molecule is Cc1ccc(Cn2ncc(Br)c2/C=N\NC(=S)NC(C)(C)C)cc1. The average molecular weight is 408 g/mol. The highest BCUT2D eigenvalue weighted by atomic mass is 79.9. The summed E-state index contributed by atoms with van der Waals surface area (Å²) in [5.41, 5.74) is 6.03. The lowest BCUT2D eigenvalue weighted by Crippen LogP contribution is -2.44. The predicted octanol–water partition coefficient (Wildman–Crippen LogP) is 3.60. The molecule has 0 spiro atoms. The monoisotopic (exact) mass is 407 g/mol. The maximum atomic E-state index is 5.21. The van der Waals surface area contributed by atoms with Crippen LogP contribution in [0.25, 0.3) is 0 Å². The molecule has 0 aliphatic rings. The topological polar surface area (TPSA) is 54.2 Å². The van der Waals surface area contributed by atoms with E-state index in [0.29, 0.717) is 11.7 Å². The molecule has 0 bridgehead atoms. The Morgan fingerprint density at radius 2 is 2.00 bits per heavy atom. The lowest BCUT2D eigenvalue weighted by molar-refractivity contribution is 0.508. The van der Waals surface area contributed by atoms with Crippen LogP contribution in [-0.4, -0.2) is 26.6 Å². The van der Waals surface area contributed by atoms with Crippen LogP contribution in [0.2, 0.25) is 0 Å². The molecule has 7 heteroatoms. The Morgan fingerprint density at radius 3 is 2.62 bits per heavy atom.